The highest BCUT2D eigenvalue weighted by Crippen LogP contribution is 2.53. The Morgan fingerprint density at radius 1 is 0.277 bits per heavy atom. The molecule has 0 spiro atoms. The van der Waals surface area contributed by atoms with E-state index >= 15 is 8.78 Å². The van der Waals surface area contributed by atoms with Gasteiger partial charge < -0.3 is 24.5 Å². The summed E-state index contributed by atoms with van der Waals surface area (Å²) >= 11 is 1.73. The third-order valence-electron chi connectivity index (χ3n) is 18.9. The summed E-state index contributed by atoms with van der Waals surface area (Å²) in [5.74, 6) is -1.34. The molecule has 14 aromatic rings. The third kappa shape index (κ3) is 8.92. The van der Waals surface area contributed by atoms with Crippen LogP contribution in [0.1, 0.15) is 0 Å². The minimum absolute atomic E-state index is 0.152. The van der Waals surface area contributed by atoms with Crippen molar-refractivity contribution in [2.75, 3.05) is 24.5 Å². The van der Waals surface area contributed by atoms with Crippen LogP contribution < -0.4 is 57.3 Å². The predicted molar refractivity (Wildman–Crippen MR) is 391 cm³/mol. The lowest BCUT2D eigenvalue weighted by molar-refractivity contribution is 0.586. The Balaban J connectivity index is 0.942. The molecule has 5 nitrogen and oxygen atoms in total. The number of fused-ring (bicyclic) bond motifs is 8. The van der Waals surface area contributed by atoms with Crippen molar-refractivity contribution in [2.24, 2.45) is 0 Å². The lowest BCUT2D eigenvalue weighted by Crippen LogP contribution is -2.64. The van der Waals surface area contributed by atoms with Gasteiger partial charge in [0.05, 0.1) is 17.1 Å². The summed E-state index contributed by atoms with van der Waals surface area (Å²) in [6.45, 7) is -0.653. The Morgan fingerprint density at radius 3 is 1.33 bits per heavy atom. The van der Waals surface area contributed by atoms with Gasteiger partial charge in [-0.25, -0.2) is 8.78 Å². The van der Waals surface area contributed by atoms with Crippen molar-refractivity contribution in [1.29, 1.82) is 0 Å². The molecule has 442 valence electrons. The maximum absolute atomic E-state index is 17.9. The van der Waals surface area contributed by atoms with E-state index in [4.69, 9.17) is 0 Å². The highest BCUT2D eigenvalue weighted by molar-refractivity contribution is 8.00. The fourth-order valence-electron chi connectivity index (χ4n) is 15.1. The zero-order chi connectivity index (χ0) is 62.4. The first-order chi connectivity index (χ1) is 46.5. The summed E-state index contributed by atoms with van der Waals surface area (Å²) in [4.78, 5) is 13.5. The first-order valence-corrected chi connectivity index (χ1v) is 32.7. The van der Waals surface area contributed by atoms with Gasteiger partial charge >= 0.3 is 0 Å². The molecule has 0 saturated heterocycles. The molecule has 0 aliphatic carbocycles. The van der Waals surface area contributed by atoms with Crippen molar-refractivity contribution in [3.63, 3.8) is 0 Å². The Kier molecular flexibility index (Phi) is 13.3. The summed E-state index contributed by atoms with van der Waals surface area (Å²) in [6, 6.07) is 116. The average molecular weight is 1230 g/mol. The van der Waals surface area contributed by atoms with E-state index in [-0.39, 0.29) is 12.4 Å². The number of anilines is 15. The molecule has 0 saturated carbocycles. The molecular weight excluding hydrogens is 1170 g/mol. The normalized spacial score (nSPS) is 12.9. The van der Waals surface area contributed by atoms with Crippen molar-refractivity contribution < 1.29 is 8.78 Å². The fraction of sp³-hybridized carbons (Fsp3) is 0. The fourth-order valence-corrected chi connectivity index (χ4v) is 16.3. The van der Waals surface area contributed by atoms with E-state index < -0.39 is 18.3 Å². The molecule has 0 atom stereocenters. The van der Waals surface area contributed by atoms with Gasteiger partial charge in [-0.2, -0.15) is 0 Å². The van der Waals surface area contributed by atoms with Gasteiger partial charge in [-0.1, -0.05) is 236 Å². The van der Waals surface area contributed by atoms with Crippen LogP contribution in [0.4, 0.5) is 94.1 Å². The van der Waals surface area contributed by atoms with Crippen LogP contribution in [0.3, 0.4) is 0 Å². The summed E-state index contributed by atoms with van der Waals surface area (Å²) in [6.07, 6.45) is 0. The van der Waals surface area contributed by atoms with E-state index in [0.717, 1.165) is 122 Å². The van der Waals surface area contributed by atoms with E-state index in [1.807, 2.05) is 17.0 Å². The van der Waals surface area contributed by atoms with E-state index in [2.05, 4.69) is 323 Å². The molecule has 4 aliphatic rings. The molecule has 0 radical (unpaired) electrons. The Morgan fingerprint density at radius 2 is 0.723 bits per heavy atom. The third-order valence-corrected chi connectivity index (χ3v) is 20.1. The standard InChI is InChI=1S/C84H55B2F2N5S/c87-70-44-27-45-71(88)84(70)93-76-55-80-69(86-66-42-21-25-48-74(66)91(61-38-17-6-18-39-61)79-52-63(53-81(94-80)83(79)86)89(58-32-11-3-12-33-58)59-34-13-4-14-35-59)54-68(76)85-67-43-22-26-49-75(67)92(73-47-24-20-41-65(73)57-30-9-2-10-31-57)77-50-62(51-78(93)82(77)85)90(60-36-15-5-16-37-60)72-46-23-19-40-64(72)56-28-7-1-8-29-56/h1-55H. The molecule has 0 fully saturated rings. The van der Waals surface area contributed by atoms with Gasteiger partial charge in [-0.05, 0) is 154 Å². The molecule has 0 unspecified atom stereocenters. The minimum atomic E-state index is -0.672. The smallest absolute Gasteiger partial charge is 0.252 e. The first-order valence-electron chi connectivity index (χ1n) is 31.9. The van der Waals surface area contributed by atoms with E-state index in [0.29, 0.717) is 11.4 Å². The molecule has 10 heteroatoms. The molecule has 0 N–H and O–H groups in total. The van der Waals surface area contributed by atoms with Crippen LogP contribution in [0.5, 0.6) is 0 Å². The second-order valence-electron chi connectivity index (χ2n) is 24.2. The molecule has 14 aromatic carbocycles. The monoisotopic (exact) mass is 1230 g/mol. The molecule has 18 rings (SSSR count). The Hall–Kier alpha value is -11.6. The number of hydrogen-bond donors (Lipinski definition) is 0. The highest BCUT2D eigenvalue weighted by Gasteiger charge is 2.48. The van der Waals surface area contributed by atoms with Crippen LogP contribution in [0.25, 0.3) is 22.3 Å². The first kappa shape index (κ1) is 55.3. The summed E-state index contributed by atoms with van der Waals surface area (Å²) in [5.41, 5.74) is 23.6. The highest BCUT2D eigenvalue weighted by atomic mass is 32.2. The second-order valence-corrected chi connectivity index (χ2v) is 25.2. The zero-order valence-electron chi connectivity index (χ0n) is 50.8. The van der Waals surface area contributed by atoms with Crippen LogP contribution in [-0.2, 0) is 0 Å². The summed E-state index contributed by atoms with van der Waals surface area (Å²) in [5, 5.41) is 0. The van der Waals surface area contributed by atoms with Crippen LogP contribution in [0, 0.1) is 11.6 Å². The average Bonchev–Trinajstić information content (AvgIpc) is 0.689. The van der Waals surface area contributed by atoms with Crippen molar-refractivity contribution in [3.8, 4) is 22.3 Å². The Labute approximate surface area is 550 Å². The van der Waals surface area contributed by atoms with Crippen LogP contribution in [-0.4, -0.2) is 13.4 Å². The molecular formula is C84H55B2F2N5S. The second kappa shape index (κ2) is 22.7. The molecule has 0 amide bonds. The van der Waals surface area contributed by atoms with Gasteiger partial charge in [0.25, 0.3) is 6.71 Å². The lowest BCUT2D eigenvalue weighted by atomic mass is 9.31. The lowest BCUT2D eigenvalue weighted by Gasteiger charge is -2.46. The van der Waals surface area contributed by atoms with E-state index in [1.165, 1.54) is 29.1 Å². The molecule has 94 heavy (non-hydrogen) atoms. The minimum Gasteiger partial charge on any atom is -0.311 e. The summed E-state index contributed by atoms with van der Waals surface area (Å²) in [7, 11) is 0. The largest absolute Gasteiger partial charge is 0.311 e. The van der Waals surface area contributed by atoms with Gasteiger partial charge in [0.15, 0.2) is 0 Å². The number of nitrogens with zero attached hydrogens (tertiary/aromatic N) is 5. The van der Waals surface area contributed by atoms with Crippen molar-refractivity contribution in [1.82, 2.24) is 0 Å². The van der Waals surface area contributed by atoms with Gasteiger partial charge in [0.1, 0.15) is 17.3 Å². The van der Waals surface area contributed by atoms with Crippen molar-refractivity contribution in [3.05, 3.63) is 345 Å². The van der Waals surface area contributed by atoms with Crippen LogP contribution in [0.15, 0.2) is 343 Å². The Bertz CT molecular complexity index is 5200. The zero-order valence-corrected chi connectivity index (χ0v) is 51.6. The van der Waals surface area contributed by atoms with Gasteiger partial charge in [-0.15, -0.1) is 0 Å². The number of halogens is 2. The van der Waals surface area contributed by atoms with Gasteiger partial charge in [-0.3, -0.25) is 0 Å². The number of rotatable bonds is 11. The number of benzene rings is 14. The SMILES string of the molecule is Fc1cccc(F)c1N1c2cc3c(cc2B2c4ccccc4N(c4ccccc4-c4ccccc4)c4cc(N(c5ccccc5)c5ccccc5-c5ccccc5)cc1c42)B1c2ccccc2N(c2ccccc2)c2cc(N(c4ccccc4)c4ccccc4)cc(c21)S3. The van der Waals surface area contributed by atoms with E-state index in [9.17, 15) is 0 Å². The molecule has 0 bridgehead atoms. The number of hydrogen-bond acceptors (Lipinski definition) is 6. The maximum Gasteiger partial charge on any atom is 0.252 e. The summed E-state index contributed by atoms with van der Waals surface area (Å²) < 4.78 is 35.8. The quantitative estimate of drug-likeness (QED) is 0.119. The van der Waals surface area contributed by atoms with Crippen molar-refractivity contribution >= 4 is 143 Å². The maximum atomic E-state index is 17.9. The molecule has 0 aromatic heterocycles. The van der Waals surface area contributed by atoms with E-state index in [1.54, 1.807) is 11.8 Å². The van der Waals surface area contributed by atoms with Gasteiger partial charge in [0.2, 0.25) is 6.71 Å². The van der Waals surface area contributed by atoms with Gasteiger partial charge in [0, 0.05) is 83.5 Å². The molecule has 4 heterocycles. The number of para-hydroxylation sites is 9. The van der Waals surface area contributed by atoms with Crippen LogP contribution >= 0.6 is 11.8 Å². The van der Waals surface area contributed by atoms with Crippen molar-refractivity contribution in [2.45, 2.75) is 9.79 Å². The predicted octanol–water partition coefficient (Wildman–Crippen LogP) is 19.1. The van der Waals surface area contributed by atoms with Crippen LogP contribution in [0.2, 0.25) is 0 Å². The molecule has 4 aliphatic heterocycles. The topological polar surface area (TPSA) is 16.2 Å².